The van der Waals surface area contributed by atoms with Gasteiger partial charge in [-0.3, -0.25) is 14.3 Å². The molecule has 0 aliphatic rings. The topological polar surface area (TPSA) is 181 Å². The quantitative estimate of drug-likeness (QED) is 0.225. The SMILES string of the molecule is Cc1ncc(COP(=O)(O)O)c(CNCCCC[C@H](N)C(N)=O)c1O. The van der Waals surface area contributed by atoms with Gasteiger partial charge in [-0.1, -0.05) is 6.42 Å². The molecule has 0 saturated heterocycles. The van der Waals surface area contributed by atoms with Crippen molar-refractivity contribution in [2.75, 3.05) is 6.54 Å². The summed E-state index contributed by atoms with van der Waals surface area (Å²) in [6.45, 7) is 2.13. The second-order valence-corrected chi connectivity index (χ2v) is 6.88. The summed E-state index contributed by atoms with van der Waals surface area (Å²) < 4.78 is 15.3. The molecule has 1 rings (SSSR count). The maximum Gasteiger partial charge on any atom is 0.469 e. The lowest BCUT2D eigenvalue weighted by atomic mass is 10.1. The molecule has 0 saturated carbocycles. The van der Waals surface area contributed by atoms with Crippen molar-refractivity contribution < 1.29 is 28.8 Å². The van der Waals surface area contributed by atoms with Crippen molar-refractivity contribution in [1.29, 1.82) is 0 Å². The second-order valence-electron chi connectivity index (χ2n) is 5.64. The minimum atomic E-state index is -4.62. The number of hydrogen-bond donors (Lipinski definition) is 6. The molecule has 142 valence electrons. The lowest BCUT2D eigenvalue weighted by Crippen LogP contribution is -2.36. The third-order valence-electron chi connectivity index (χ3n) is 3.60. The number of aryl methyl sites for hydroxylation is 1. The van der Waals surface area contributed by atoms with Gasteiger partial charge < -0.3 is 31.7 Å². The molecule has 1 amide bonds. The average molecular weight is 376 g/mol. The fraction of sp³-hybridized carbons (Fsp3) is 0.571. The molecule has 0 spiro atoms. The second kappa shape index (κ2) is 9.81. The van der Waals surface area contributed by atoms with Gasteiger partial charge in [0, 0.05) is 23.9 Å². The van der Waals surface area contributed by atoms with E-state index in [-0.39, 0.29) is 18.9 Å². The maximum absolute atomic E-state index is 10.8. The normalized spacial score (nSPS) is 13.0. The van der Waals surface area contributed by atoms with Crippen LogP contribution in [-0.4, -0.2) is 38.4 Å². The van der Waals surface area contributed by atoms with Crippen LogP contribution in [0.3, 0.4) is 0 Å². The van der Waals surface area contributed by atoms with Crippen LogP contribution in [-0.2, 0) is 27.0 Å². The highest BCUT2D eigenvalue weighted by atomic mass is 31.2. The first kappa shape index (κ1) is 21.5. The number of aromatic nitrogens is 1. The van der Waals surface area contributed by atoms with Crippen LogP contribution < -0.4 is 16.8 Å². The van der Waals surface area contributed by atoms with Crippen molar-refractivity contribution in [3.63, 3.8) is 0 Å². The number of nitrogens with two attached hydrogens (primary N) is 2. The van der Waals surface area contributed by atoms with E-state index >= 15 is 0 Å². The number of phosphoric acid groups is 1. The van der Waals surface area contributed by atoms with Gasteiger partial charge in [0.15, 0.2) is 0 Å². The van der Waals surface area contributed by atoms with E-state index in [9.17, 15) is 14.5 Å². The Hall–Kier alpha value is -1.55. The molecule has 25 heavy (non-hydrogen) atoms. The van der Waals surface area contributed by atoms with E-state index in [1.807, 2.05) is 0 Å². The number of carbonyl (C=O) groups is 1. The third-order valence-corrected chi connectivity index (χ3v) is 4.07. The van der Waals surface area contributed by atoms with E-state index in [0.717, 1.165) is 6.42 Å². The predicted molar refractivity (Wildman–Crippen MR) is 90.2 cm³/mol. The monoisotopic (exact) mass is 376 g/mol. The first-order valence-corrected chi connectivity index (χ1v) is 9.27. The molecular weight excluding hydrogens is 351 g/mol. The fourth-order valence-corrected chi connectivity index (χ4v) is 2.44. The lowest BCUT2D eigenvalue weighted by molar-refractivity contribution is -0.119. The molecule has 0 aromatic carbocycles. The van der Waals surface area contributed by atoms with Gasteiger partial charge in [-0.15, -0.1) is 0 Å². The molecule has 1 aromatic rings. The molecular formula is C14H25N4O6P. The van der Waals surface area contributed by atoms with Gasteiger partial charge in [0.2, 0.25) is 5.91 Å². The minimum Gasteiger partial charge on any atom is -0.506 e. The van der Waals surface area contributed by atoms with Crippen molar-refractivity contribution in [1.82, 2.24) is 10.3 Å². The highest BCUT2D eigenvalue weighted by Crippen LogP contribution is 2.38. The van der Waals surface area contributed by atoms with Crippen LogP contribution in [0.5, 0.6) is 5.75 Å². The molecule has 1 heterocycles. The van der Waals surface area contributed by atoms with Crippen molar-refractivity contribution in [2.45, 2.75) is 45.4 Å². The largest absolute Gasteiger partial charge is 0.506 e. The van der Waals surface area contributed by atoms with Crippen LogP contribution in [0.2, 0.25) is 0 Å². The Balaban J connectivity index is 2.54. The standard InChI is InChI=1S/C14H25N4O6P/c1-9-13(19)11(10(6-18-9)8-24-25(21,22)23)7-17-5-3-2-4-12(15)14(16)20/h6,12,17,19H,2-5,7-8,15H2,1H3,(H2,16,20)(H2,21,22,23)/t12-/m0/s1. The van der Waals surface area contributed by atoms with Crippen LogP contribution in [0.1, 0.15) is 36.1 Å². The van der Waals surface area contributed by atoms with E-state index in [2.05, 4.69) is 14.8 Å². The van der Waals surface area contributed by atoms with Gasteiger partial charge in [0.25, 0.3) is 0 Å². The van der Waals surface area contributed by atoms with E-state index in [0.29, 0.717) is 36.2 Å². The van der Waals surface area contributed by atoms with E-state index in [1.54, 1.807) is 6.92 Å². The first-order chi connectivity index (χ1) is 11.6. The molecule has 1 atom stereocenters. The van der Waals surface area contributed by atoms with Gasteiger partial charge >= 0.3 is 7.82 Å². The van der Waals surface area contributed by atoms with Crippen LogP contribution in [0, 0.1) is 6.92 Å². The molecule has 0 radical (unpaired) electrons. The van der Waals surface area contributed by atoms with Crippen molar-refractivity contribution in [3.8, 4) is 5.75 Å². The zero-order valence-corrected chi connectivity index (χ0v) is 14.9. The Morgan fingerprint density at radius 2 is 2.12 bits per heavy atom. The zero-order valence-electron chi connectivity index (χ0n) is 14.0. The Bertz CT molecular complexity index is 636. The number of hydrogen-bond acceptors (Lipinski definition) is 7. The zero-order chi connectivity index (χ0) is 19.0. The Kier molecular flexibility index (Phi) is 8.43. The van der Waals surface area contributed by atoms with E-state index in [1.165, 1.54) is 6.20 Å². The Morgan fingerprint density at radius 3 is 2.72 bits per heavy atom. The van der Waals surface area contributed by atoms with Gasteiger partial charge in [-0.2, -0.15) is 0 Å². The minimum absolute atomic E-state index is 0.0462. The Morgan fingerprint density at radius 1 is 1.44 bits per heavy atom. The molecule has 0 aliphatic heterocycles. The van der Waals surface area contributed by atoms with Crippen molar-refractivity contribution in [2.24, 2.45) is 11.5 Å². The number of amides is 1. The summed E-state index contributed by atoms with van der Waals surface area (Å²) in [5.74, 6) is -0.574. The molecule has 0 fully saturated rings. The number of pyridine rings is 1. The van der Waals surface area contributed by atoms with Crippen LogP contribution in [0.15, 0.2) is 6.20 Å². The highest BCUT2D eigenvalue weighted by Gasteiger charge is 2.18. The summed E-state index contributed by atoms with van der Waals surface area (Å²) in [7, 11) is -4.62. The smallest absolute Gasteiger partial charge is 0.469 e. The Labute approximate surface area is 145 Å². The average Bonchev–Trinajstić information content (AvgIpc) is 2.52. The summed E-state index contributed by atoms with van der Waals surface area (Å²) in [4.78, 5) is 32.4. The van der Waals surface area contributed by atoms with Crippen LogP contribution in [0.4, 0.5) is 0 Å². The van der Waals surface area contributed by atoms with E-state index in [4.69, 9.17) is 21.3 Å². The number of nitrogens with one attached hydrogen (secondary N) is 1. The number of unbranched alkanes of at least 4 members (excludes halogenated alkanes) is 1. The number of aromatic hydroxyl groups is 1. The van der Waals surface area contributed by atoms with Crippen molar-refractivity contribution >= 4 is 13.7 Å². The summed E-state index contributed by atoms with van der Waals surface area (Å²) in [6, 6.07) is -0.650. The third kappa shape index (κ3) is 7.91. The molecule has 0 unspecified atom stereocenters. The number of phosphoric ester groups is 1. The van der Waals surface area contributed by atoms with Gasteiger partial charge in [-0.25, -0.2) is 4.57 Å². The predicted octanol–water partition coefficient (Wildman–Crippen LogP) is -0.223. The molecule has 0 aliphatic carbocycles. The summed E-state index contributed by atoms with van der Waals surface area (Å²) >= 11 is 0. The molecule has 1 aromatic heterocycles. The first-order valence-electron chi connectivity index (χ1n) is 7.74. The van der Waals surface area contributed by atoms with Gasteiger partial charge in [0.05, 0.1) is 18.3 Å². The summed E-state index contributed by atoms with van der Waals surface area (Å²) in [5, 5.41) is 13.2. The number of nitrogens with zero attached hydrogens (tertiary/aromatic N) is 1. The van der Waals surface area contributed by atoms with Crippen LogP contribution in [0.25, 0.3) is 0 Å². The molecule has 8 N–H and O–H groups in total. The molecule has 0 bridgehead atoms. The fourth-order valence-electron chi connectivity index (χ4n) is 2.13. The van der Waals surface area contributed by atoms with Crippen molar-refractivity contribution in [3.05, 3.63) is 23.0 Å². The molecule has 10 nitrogen and oxygen atoms in total. The number of primary amides is 1. The highest BCUT2D eigenvalue weighted by molar-refractivity contribution is 7.46. The lowest BCUT2D eigenvalue weighted by Gasteiger charge is -2.14. The molecule has 11 heteroatoms. The van der Waals surface area contributed by atoms with E-state index < -0.39 is 19.8 Å². The number of rotatable bonds is 11. The summed E-state index contributed by atoms with van der Waals surface area (Å²) in [5.41, 5.74) is 11.9. The van der Waals surface area contributed by atoms with Gasteiger partial charge in [0.1, 0.15) is 5.75 Å². The maximum atomic E-state index is 10.8. The van der Waals surface area contributed by atoms with Crippen LogP contribution >= 0.6 is 7.82 Å². The van der Waals surface area contributed by atoms with Gasteiger partial charge in [-0.05, 0) is 26.3 Å². The number of carbonyl (C=O) groups excluding carboxylic acids is 1. The summed E-state index contributed by atoms with van der Waals surface area (Å²) in [6.07, 6.45) is 3.37.